The summed E-state index contributed by atoms with van der Waals surface area (Å²) < 4.78 is 69.7. The highest BCUT2D eigenvalue weighted by atomic mass is 19.4. The van der Waals surface area contributed by atoms with Gasteiger partial charge in [-0.15, -0.1) is 0 Å². The number of aromatic nitrogens is 1. The van der Waals surface area contributed by atoms with Crippen LogP contribution in [0.1, 0.15) is 11.1 Å². The molecule has 0 saturated carbocycles. The number of alkyl halides is 3. The van der Waals surface area contributed by atoms with Gasteiger partial charge in [0.05, 0.1) is 11.8 Å². The first-order chi connectivity index (χ1) is 9.81. The molecule has 8 heteroatoms. The molecule has 0 aliphatic heterocycles. The molecule has 0 atom stereocenters. The summed E-state index contributed by atoms with van der Waals surface area (Å²) in [7, 11) is 0. The quantitative estimate of drug-likeness (QED) is 0.881. The zero-order chi connectivity index (χ0) is 15.6. The van der Waals surface area contributed by atoms with Crippen molar-refractivity contribution in [2.24, 2.45) is 5.73 Å². The van der Waals surface area contributed by atoms with Gasteiger partial charge in [-0.25, -0.2) is 13.8 Å². The van der Waals surface area contributed by atoms with Gasteiger partial charge in [-0.3, -0.25) is 0 Å². The standard InChI is InChI=1S/C13H9F5N2O/c14-8-4-10(15)12(20-6-8)21-11-2-1-7(5-19)3-9(11)13(16,17)18/h1-4,6H,5,19H2. The third-order valence-electron chi connectivity index (χ3n) is 2.57. The second-order valence-corrected chi connectivity index (χ2v) is 4.07. The van der Waals surface area contributed by atoms with Crippen LogP contribution in [0.2, 0.25) is 0 Å². The maximum Gasteiger partial charge on any atom is 0.419 e. The molecule has 0 radical (unpaired) electrons. The number of halogens is 5. The summed E-state index contributed by atoms with van der Waals surface area (Å²) in [5.41, 5.74) is 4.41. The summed E-state index contributed by atoms with van der Waals surface area (Å²) in [4.78, 5) is 3.27. The van der Waals surface area contributed by atoms with E-state index in [-0.39, 0.29) is 12.1 Å². The first kappa shape index (κ1) is 15.2. The molecule has 2 N–H and O–H groups in total. The molecule has 1 aromatic carbocycles. The van der Waals surface area contributed by atoms with Crippen LogP contribution in [0.5, 0.6) is 11.6 Å². The number of nitrogens with two attached hydrogens (primary N) is 1. The Bertz CT molecular complexity index is 657. The average molecular weight is 304 g/mol. The first-order valence-electron chi connectivity index (χ1n) is 5.70. The lowest BCUT2D eigenvalue weighted by Crippen LogP contribution is -2.09. The number of pyridine rings is 1. The van der Waals surface area contributed by atoms with Crippen molar-refractivity contribution in [3.8, 4) is 11.6 Å². The van der Waals surface area contributed by atoms with Crippen molar-refractivity contribution in [2.45, 2.75) is 12.7 Å². The molecule has 1 aromatic heterocycles. The predicted octanol–water partition coefficient (Wildman–Crippen LogP) is 3.63. The monoisotopic (exact) mass is 304 g/mol. The summed E-state index contributed by atoms with van der Waals surface area (Å²) in [5.74, 6) is -3.56. The van der Waals surface area contributed by atoms with Gasteiger partial charge in [0, 0.05) is 12.6 Å². The maximum absolute atomic E-state index is 13.4. The fourth-order valence-corrected chi connectivity index (χ4v) is 1.60. The second-order valence-electron chi connectivity index (χ2n) is 4.07. The molecule has 1 heterocycles. The zero-order valence-corrected chi connectivity index (χ0v) is 10.4. The van der Waals surface area contributed by atoms with Gasteiger partial charge in [-0.1, -0.05) is 6.07 Å². The van der Waals surface area contributed by atoms with Crippen molar-refractivity contribution in [2.75, 3.05) is 0 Å². The lowest BCUT2D eigenvalue weighted by Gasteiger charge is -2.14. The van der Waals surface area contributed by atoms with Gasteiger partial charge in [0.15, 0.2) is 5.82 Å². The summed E-state index contributed by atoms with van der Waals surface area (Å²) >= 11 is 0. The van der Waals surface area contributed by atoms with Crippen LogP contribution in [0.15, 0.2) is 30.5 Å². The fourth-order valence-electron chi connectivity index (χ4n) is 1.60. The molecule has 112 valence electrons. The Morgan fingerprint density at radius 3 is 2.43 bits per heavy atom. The molecule has 0 bridgehead atoms. The SMILES string of the molecule is NCc1ccc(Oc2ncc(F)cc2F)c(C(F)(F)F)c1. The predicted molar refractivity (Wildman–Crippen MR) is 63.6 cm³/mol. The van der Waals surface area contributed by atoms with E-state index in [1.54, 1.807) is 0 Å². The van der Waals surface area contributed by atoms with E-state index >= 15 is 0 Å². The highest BCUT2D eigenvalue weighted by Crippen LogP contribution is 2.38. The molecule has 3 nitrogen and oxygen atoms in total. The van der Waals surface area contributed by atoms with Crippen molar-refractivity contribution in [1.29, 1.82) is 0 Å². The molecule has 0 fully saturated rings. The topological polar surface area (TPSA) is 48.1 Å². The minimum absolute atomic E-state index is 0.0908. The molecule has 2 rings (SSSR count). The van der Waals surface area contributed by atoms with Gasteiger partial charge in [-0.05, 0) is 17.7 Å². The number of nitrogens with zero attached hydrogens (tertiary/aromatic N) is 1. The summed E-state index contributed by atoms with van der Waals surface area (Å²) in [6, 6.07) is 3.59. The molecule has 2 aromatic rings. The zero-order valence-electron chi connectivity index (χ0n) is 10.4. The van der Waals surface area contributed by atoms with E-state index in [0.717, 1.165) is 12.1 Å². The number of hydrogen-bond donors (Lipinski definition) is 1. The highest BCUT2D eigenvalue weighted by Gasteiger charge is 2.35. The third kappa shape index (κ3) is 3.46. The van der Waals surface area contributed by atoms with Crippen LogP contribution in [0, 0.1) is 11.6 Å². The Morgan fingerprint density at radius 1 is 1.14 bits per heavy atom. The Kier molecular flexibility index (Phi) is 4.08. The van der Waals surface area contributed by atoms with Gasteiger partial charge < -0.3 is 10.5 Å². The minimum Gasteiger partial charge on any atom is -0.436 e. The molecule has 0 amide bonds. The maximum atomic E-state index is 13.4. The van der Waals surface area contributed by atoms with Gasteiger partial charge in [0.1, 0.15) is 11.6 Å². The summed E-state index contributed by atoms with van der Waals surface area (Å²) in [6.45, 7) is -0.0908. The van der Waals surface area contributed by atoms with Gasteiger partial charge >= 0.3 is 6.18 Å². The van der Waals surface area contributed by atoms with Crippen molar-refractivity contribution in [1.82, 2.24) is 4.98 Å². The van der Waals surface area contributed by atoms with Crippen LogP contribution in [0.25, 0.3) is 0 Å². The number of hydrogen-bond acceptors (Lipinski definition) is 3. The van der Waals surface area contributed by atoms with E-state index < -0.39 is 35.0 Å². The van der Waals surface area contributed by atoms with E-state index in [2.05, 4.69) is 4.98 Å². The van der Waals surface area contributed by atoms with E-state index in [1.165, 1.54) is 6.07 Å². The Morgan fingerprint density at radius 2 is 1.86 bits per heavy atom. The number of benzene rings is 1. The lowest BCUT2D eigenvalue weighted by atomic mass is 10.1. The summed E-state index contributed by atoms with van der Waals surface area (Å²) in [5, 5.41) is 0. The van der Waals surface area contributed by atoms with Gasteiger partial charge in [0.25, 0.3) is 5.88 Å². The largest absolute Gasteiger partial charge is 0.436 e. The molecule has 0 unspecified atom stereocenters. The highest BCUT2D eigenvalue weighted by molar-refractivity contribution is 5.41. The Balaban J connectivity index is 2.44. The van der Waals surface area contributed by atoms with Crippen molar-refractivity contribution in [3.05, 3.63) is 53.2 Å². The van der Waals surface area contributed by atoms with E-state index in [4.69, 9.17) is 10.5 Å². The van der Waals surface area contributed by atoms with Crippen LogP contribution >= 0.6 is 0 Å². The molecule has 0 saturated heterocycles. The van der Waals surface area contributed by atoms with E-state index in [9.17, 15) is 22.0 Å². The van der Waals surface area contributed by atoms with Crippen LogP contribution in [0.4, 0.5) is 22.0 Å². The Hall–Kier alpha value is -2.22. The number of ether oxygens (including phenoxy) is 1. The normalized spacial score (nSPS) is 11.5. The fraction of sp³-hybridized carbons (Fsp3) is 0.154. The smallest absolute Gasteiger partial charge is 0.419 e. The van der Waals surface area contributed by atoms with Crippen molar-refractivity contribution < 1.29 is 26.7 Å². The summed E-state index contributed by atoms with van der Waals surface area (Å²) in [6.07, 6.45) is -4.07. The molecule has 21 heavy (non-hydrogen) atoms. The van der Waals surface area contributed by atoms with Gasteiger partial charge in [-0.2, -0.15) is 13.2 Å². The van der Waals surface area contributed by atoms with Gasteiger partial charge in [0.2, 0.25) is 0 Å². The molecule has 0 aliphatic carbocycles. The lowest BCUT2D eigenvalue weighted by molar-refractivity contribution is -0.138. The molecular weight excluding hydrogens is 295 g/mol. The third-order valence-corrected chi connectivity index (χ3v) is 2.57. The van der Waals surface area contributed by atoms with Crippen LogP contribution < -0.4 is 10.5 Å². The van der Waals surface area contributed by atoms with E-state index in [0.29, 0.717) is 12.3 Å². The van der Waals surface area contributed by atoms with Crippen LogP contribution in [-0.4, -0.2) is 4.98 Å². The molecule has 0 aliphatic rings. The Labute approximate surface area is 116 Å². The van der Waals surface area contributed by atoms with Crippen LogP contribution in [0.3, 0.4) is 0 Å². The van der Waals surface area contributed by atoms with Crippen molar-refractivity contribution >= 4 is 0 Å². The minimum atomic E-state index is -4.71. The number of rotatable bonds is 3. The first-order valence-corrected chi connectivity index (χ1v) is 5.70. The molecule has 0 spiro atoms. The van der Waals surface area contributed by atoms with Crippen LogP contribution in [-0.2, 0) is 12.7 Å². The molecular formula is C13H9F5N2O. The van der Waals surface area contributed by atoms with Crippen molar-refractivity contribution in [3.63, 3.8) is 0 Å². The average Bonchev–Trinajstić information content (AvgIpc) is 2.41. The second kappa shape index (κ2) is 5.65. The van der Waals surface area contributed by atoms with E-state index in [1.807, 2.05) is 0 Å².